The number of nitrogens with zero attached hydrogens (tertiary/aromatic N) is 2. The molecule has 0 heterocycles. The van der Waals surface area contributed by atoms with Gasteiger partial charge in [0.05, 0.1) is 11.5 Å². The summed E-state index contributed by atoms with van der Waals surface area (Å²) in [5, 5.41) is 6.52. The van der Waals surface area contributed by atoms with Crippen LogP contribution in [-0.2, 0) is 27.8 Å². The van der Waals surface area contributed by atoms with Gasteiger partial charge in [-0.3, -0.25) is 4.99 Å². The third-order valence-corrected chi connectivity index (χ3v) is 6.43. The van der Waals surface area contributed by atoms with Gasteiger partial charge in [0.15, 0.2) is 5.96 Å². The van der Waals surface area contributed by atoms with E-state index >= 15 is 0 Å². The number of benzene rings is 2. The number of hydrogen-bond donors (Lipinski definition) is 2. The number of nitrogens with one attached hydrogen (secondary N) is 2. The van der Waals surface area contributed by atoms with Crippen molar-refractivity contribution in [3.8, 4) is 5.75 Å². The zero-order valence-corrected chi connectivity index (χ0v) is 22.4. The van der Waals surface area contributed by atoms with Crippen LogP contribution in [0.3, 0.4) is 0 Å². The van der Waals surface area contributed by atoms with Gasteiger partial charge < -0.3 is 20.1 Å². The summed E-state index contributed by atoms with van der Waals surface area (Å²) in [6.07, 6.45) is 0. The fourth-order valence-corrected chi connectivity index (χ4v) is 3.65. The van der Waals surface area contributed by atoms with Gasteiger partial charge in [-0.1, -0.05) is 24.3 Å². The molecule has 2 rings (SSSR count). The summed E-state index contributed by atoms with van der Waals surface area (Å²) >= 11 is 0. The minimum Gasteiger partial charge on any atom is -0.491 e. The van der Waals surface area contributed by atoms with Crippen molar-refractivity contribution in [3.05, 3.63) is 59.2 Å². The number of rotatable bonds is 10. The van der Waals surface area contributed by atoms with E-state index in [1.165, 1.54) is 18.4 Å². The first-order valence-corrected chi connectivity index (χ1v) is 11.4. The van der Waals surface area contributed by atoms with Gasteiger partial charge in [0, 0.05) is 46.9 Å². The van der Waals surface area contributed by atoms with Crippen molar-refractivity contribution in [2.24, 2.45) is 4.99 Å². The maximum atomic E-state index is 12.2. The van der Waals surface area contributed by atoms with Gasteiger partial charge in [0.2, 0.25) is 10.0 Å². The van der Waals surface area contributed by atoms with Crippen LogP contribution in [0.1, 0.15) is 16.7 Å². The molecule has 0 fully saturated rings. The first-order valence-electron chi connectivity index (χ1n) is 9.95. The molecule has 0 bridgehead atoms. The molecule has 0 amide bonds. The van der Waals surface area contributed by atoms with E-state index in [0.29, 0.717) is 32.3 Å². The fraction of sp³-hybridized carbons (Fsp3) is 0.409. The number of methoxy groups -OCH3 is 1. The Morgan fingerprint density at radius 3 is 2.28 bits per heavy atom. The lowest BCUT2D eigenvalue weighted by atomic mass is 10.1. The molecule has 10 heteroatoms. The zero-order chi connectivity index (χ0) is 22.9. The van der Waals surface area contributed by atoms with Crippen molar-refractivity contribution < 1.29 is 17.9 Å². The second-order valence-electron chi connectivity index (χ2n) is 7.16. The smallest absolute Gasteiger partial charge is 0.242 e. The number of sulfonamides is 1. The third-order valence-electron chi connectivity index (χ3n) is 4.60. The number of hydrogen-bond acceptors (Lipinski definition) is 5. The van der Waals surface area contributed by atoms with E-state index in [9.17, 15) is 8.42 Å². The highest BCUT2D eigenvalue weighted by molar-refractivity contribution is 14.0. The molecule has 2 N–H and O–H groups in total. The van der Waals surface area contributed by atoms with Crippen LogP contribution in [0.5, 0.6) is 5.75 Å². The van der Waals surface area contributed by atoms with E-state index in [1.807, 2.05) is 25.1 Å². The van der Waals surface area contributed by atoms with E-state index in [0.717, 1.165) is 22.4 Å². The quantitative estimate of drug-likeness (QED) is 0.196. The fourth-order valence-electron chi connectivity index (χ4n) is 2.75. The van der Waals surface area contributed by atoms with Crippen molar-refractivity contribution in [1.82, 2.24) is 14.9 Å². The SMILES string of the molecule is CN=C(NCc1ccc(S(=O)(=O)N(C)C)cc1)NCc1ccc(C)cc1OCCOC.I. The summed E-state index contributed by atoms with van der Waals surface area (Å²) in [6, 6.07) is 12.9. The van der Waals surface area contributed by atoms with E-state index in [1.54, 1.807) is 38.4 Å². The molecule has 0 unspecified atom stereocenters. The molecule has 0 aliphatic heterocycles. The standard InChI is InChI=1S/C22H32N4O4S.HI/c1-17-6-9-19(21(14-17)30-13-12-29-5)16-25-22(23-2)24-15-18-7-10-20(11-8-18)31(27,28)26(3)4;/h6-11,14H,12-13,15-16H2,1-5H3,(H2,23,24,25);1H. The van der Waals surface area contributed by atoms with Crippen LogP contribution in [0.15, 0.2) is 52.4 Å². The number of guanidine groups is 1. The van der Waals surface area contributed by atoms with Gasteiger partial charge in [-0.2, -0.15) is 0 Å². The first kappa shape index (κ1) is 28.1. The lowest BCUT2D eigenvalue weighted by Gasteiger charge is -2.16. The molecule has 2 aromatic rings. The van der Waals surface area contributed by atoms with Crippen LogP contribution < -0.4 is 15.4 Å². The molecular formula is C22H33IN4O4S. The Balaban J connectivity index is 0.00000512. The predicted octanol–water partition coefficient (Wildman–Crippen LogP) is 2.75. The number of aryl methyl sites for hydroxylation is 1. The highest BCUT2D eigenvalue weighted by Gasteiger charge is 2.16. The molecule has 0 radical (unpaired) electrons. The van der Waals surface area contributed by atoms with Crippen molar-refractivity contribution in [1.29, 1.82) is 0 Å². The summed E-state index contributed by atoms with van der Waals surface area (Å²) in [6.45, 7) is 4.09. The summed E-state index contributed by atoms with van der Waals surface area (Å²) in [4.78, 5) is 4.52. The Hall–Kier alpha value is -1.89. The summed E-state index contributed by atoms with van der Waals surface area (Å²) in [5.74, 6) is 1.45. The Morgan fingerprint density at radius 2 is 1.69 bits per heavy atom. The first-order chi connectivity index (χ1) is 14.8. The van der Waals surface area contributed by atoms with Gasteiger partial charge in [-0.15, -0.1) is 24.0 Å². The van der Waals surface area contributed by atoms with Crippen molar-refractivity contribution >= 4 is 40.0 Å². The van der Waals surface area contributed by atoms with Gasteiger partial charge in [-0.25, -0.2) is 12.7 Å². The maximum Gasteiger partial charge on any atom is 0.242 e. The predicted molar refractivity (Wildman–Crippen MR) is 138 cm³/mol. The van der Waals surface area contributed by atoms with Crippen LogP contribution >= 0.6 is 24.0 Å². The van der Waals surface area contributed by atoms with E-state index < -0.39 is 10.0 Å². The highest BCUT2D eigenvalue weighted by atomic mass is 127. The Labute approximate surface area is 208 Å². The maximum absolute atomic E-state index is 12.2. The highest BCUT2D eigenvalue weighted by Crippen LogP contribution is 2.20. The van der Waals surface area contributed by atoms with E-state index in [2.05, 4.69) is 15.6 Å². The number of aliphatic imine (C=N–C) groups is 1. The summed E-state index contributed by atoms with van der Waals surface area (Å²) in [5.41, 5.74) is 3.08. The second kappa shape index (κ2) is 13.6. The molecule has 0 spiro atoms. The van der Waals surface area contributed by atoms with Gasteiger partial charge in [0.25, 0.3) is 0 Å². The minimum atomic E-state index is -3.43. The normalized spacial score (nSPS) is 11.8. The summed E-state index contributed by atoms with van der Waals surface area (Å²) < 4.78 is 36.4. The van der Waals surface area contributed by atoms with Gasteiger partial charge >= 0.3 is 0 Å². The van der Waals surface area contributed by atoms with E-state index in [4.69, 9.17) is 9.47 Å². The lowest BCUT2D eigenvalue weighted by molar-refractivity contribution is 0.145. The minimum absolute atomic E-state index is 0. The molecule has 32 heavy (non-hydrogen) atoms. The average Bonchev–Trinajstić information content (AvgIpc) is 2.75. The second-order valence-corrected chi connectivity index (χ2v) is 9.31. The largest absolute Gasteiger partial charge is 0.491 e. The number of ether oxygens (including phenoxy) is 2. The Morgan fingerprint density at radius 1 is 1.03 bits per heavy atom. The van der Waals surface area contributed by atoms with Crippen molar-refractivity contribution in [2.75, 3.05) is 41.5 Å². The van der Waals surface area contributed by atoms with Gasteiger partial charge in [-0.05, 0) is 36.2 Å². The third kappa shape index (κ3) is 8.23. The number of halogens is 1. The zero-order valence-electron chi connectivity index (χ0n) is 19.2. The lowest BCUT2D eigenvalue weighted by Crippen LogP contribution is -2.36. The van der Waals surface area contributed by atoms with Crippen molar-refractivity contribution in [2.45, 2.75) is 24.9 Å². The van der Waals surface area contributed by atoms with E-state index in [-0.39, 0.29) is 28.9 Å². The van der Waals surface area contributed by atoms with Crippen LogP contribution in [0.25, 0.3) is 0 Å². The van der Waals surface area contributed by atoms with Crippen molar-refractivity contribution in [3.63, 3.8) is 0 Å². The molecule has 0 aliphatic carbocycles. The molecule has 8 nitrogen and oxygen atoms in total. The van der Waals surface area contributed by atoms with Crippen LogP contribution in [0, 0.1) is 6.92 Å². The molecule has 0 atom stereocenters. The molecule has 0 saturated heterocycles. The van der Waals surface area contributed by atoms with Crippen LogP contribution in [-0.4, -0.2) is 60.1 Å². The monoisotopic (exact) mass is 576 g/mol. The van der Waals surface area contributed by atoms with Gasteiger partial charge in [0.1, 0.15) is 12.4 Å². The Bertz CT molecular complexity index is 980. The average molecular weight is 577 g/mol. The topological polar surface area (TPSA) is 92.3 Å². The molecular weight excluding hydrogens is 543 g/mol. The Kier molecular flexibility index (Phi) is 12.0. The van der Waals surface area contributed by atoms with Crippen LogP contribution in [0.4, 0.5) is 0 Å². The molecule has 0 aliphatic rings. The summed E-state index contributed by atoms with van der Waals surface area (Å²) in [7, 11) is 2.95. The van der Waals surface area contributed by atoms with Crippen LogP contribution in [0.2, 0.25) is 0 Å². The molecule has 2 aromatic carbocycles. The molecule has 0 saturated carbocycles. The molecule has 0 aromatic heterocycles. The molecule has 178 valence electrons.